The van der Waals surface area contributed by atoms with E-state index in [1.807, 2.05) is 0 Å². The van der Waals surface area contributed by atoms with Crippen LogP contribution in [0.1, 0.15) is 23.0 Å². The first-order chi connectivity index (χ1) is 6.41. The summed E-state index contributed by atoms with van der Waals surface area (Å²) in [6.45, 7) is 0.481. The summed E-state index contributed by atoms with van der Waals surface area (Å²) in [6, 6.07) is 0. The number of rotatable bonds is 4. The van der Waals surface area contributed by atoms with E-state index in [9.17, 15) is 18.4 Å². The first kappa shape index (κ1) is 10.9. The highest BCUT2D eigenvalue weighted by Crippen LogP contribution is 2.17. The van der Waals surface area contributed by atoms with E-state index < -0.39 is 23.9 Å². The van der Waals surface area contributed by atoms with E-state index in [-0.39, 0.29) is 4.88 Å². The number of halogens is 2. The molecule has 0 aliphatic heterocycles. The van der Waals surface area contributed by atoms with Gasteiger partial charge in [-0.2, -0.15) is 8.78 Å². The third-order valence-electron chi connectivity index (χ3n) is 1.52. The molecule has 1 aromatic rings. The quantitative estimate of drug-likeness (QED) is 0.574. The molecule has 0 unspecified atom stereocenters. The topological polar surface area (TPSA) is 47.0 Å². The zero-order chi connectivity index (χ0) is 10.8. The summed E-state index contributed by atoms with van der Waals surface area (Å²) in [5, 5.41) is 0. The minimum absolute atomic E-state index is 0.225. The van der Waals surface area contributed by atoms with Crippen molar-refractivity contribution in [2.75, 3.05) is 0 Å². The van der Waals surface area contributed by atoms with Gasteiger partial charge in [0.2, 0.25) is 5.78 Å². The van der Waals surface area contributed by atoms with Gasteiger partial charge in [-0.3, -0.25) is 14.6 Å². The molecule has 6 heteroatoms. The molecule has 1 aromatic heterocycles. The van der Waals surface area contributed by atoms with Crippen LogP contribution in [0, 0.1) is 0 Å². The molecule has 0 amide bonds. The van der Waals surface area contributed by atoms with Gasteiger partial charge in [-0.25, -0.2) is 0 Å². The Labute approximate surface area is 82.8 Å². The van der Waals surface area contributed by atoms with Crippen molar-refractivity contribution in [2.24, 2.45) is 0 Å². The van der Waals surface area contributed by atoms with E-state index >= 15 is 0 Å². The zero-order valence-corrected chi connectivity index (χ0v) is 8.11. The maximum atomic E-state index is 12.4. The number of alkyl halides is 2. The highest BCUT2D eigenvalue weighted by Gasteiger charge is 2.33. The average Bonchev–Trinajstić information content (AvgIpc) is 2.53. The van der Waals surface area contributed by atoms with Crippen LogP contribution in [0.2, 0.25) is 0 Å². The second kappa shape index (κ2) is 3.91. The van der Waals surface area contributed by atoms with Gasteiger partial charge in [-0.15, -0.1) is 11.3 Å². The molecule has 0 spiro atoms. The lowest BCUT2D eigenvalue weighted by molar-refractivity contribution is -0.139. The molecular weight excluding hydrogens is 212 g/mol. The van der Waals surface area contributed by atoms with E-state index in [1.165, 1.54) is 11.7 Å². The Balaban J connectivity index is 2.63. The van der Waals surface area contributed by atoms with Crippen molar-refractivity contribution >= 4 is 22.9 Å². The molecule has 0 radical (unpaired) electrons. The lowest BCUT2D eigenvalue weighted by Crippen LogP contribution is -2.26. The molecule has 0 N–H and O–H groups in total. The summed E-state index contributed by atoms with van der Waals surface area (Å²) in [4.78, 5) is 25.8. The van der Waals surface area contributed by atoms with Crippen LogP contribution in [0.5, 0.6) is 0 Å². The number of ketones is 2. The SMILES string of the molecule is CC(F)(F)C(=O)CC(=O)c1cncs1. The molecule has 0 bridgehead atoms. The van der Waals surface area contributed by atoms with Crippen molar-refractivity contribution in [1.82, 2.24) is 4.98 Å². The molecule has 0 saturated heterocycles. The highest BCUT2D eigenvalue weighted by molar-refractivity contribution is 7.11. The minimum atomic E-state index is -3.44. The Morgan fingerprint density at radius 2 is 2.21 bits per heavy atom. The van der Waals surface area contributed by atoms with Gasteiger partial charge in [-0.05, 0) is 0 Å². The lowest BCUT2D eigenvalue weighted by Gasteiger charge is -2.06. The van der Waals surface area contributed by atoms with Crippen molar-refractivity contribution < 1.29 is 18.4 Å². The van der Waals surface area contributed by atoms with Crippen molar-refractivity contribution in [3.05, 3.63) is 16.6 Å². The van der Waals surface area contributed by atoms with Crippen LogP contribution in [-0.2, 0) is 4.79 Å². The second-order valence-electron chi connectivity index (χ2n) is 2.78. The van der Waals surface area contributed by atoms with Gasteiger partial charge in [0.15, 0.2) is 5.78 Å². The fraction of sp³-hybridized carbons (Fsp3) is 0.375. The van der Waals surface area contributed by atoms with Gasteiger partial charge < -0.3 is 0 Å². The Kier molecular flexibility index (Phi) is 3.05. The molecule has 0 fully saturated rings. The molecule has 3 nitrogen and oxygen atoms in total. The normalized spacial score (nSPS) is 11.4. The molecule has 0 atom stereocenters. The molecule has 0 aromatic carbocycles. The van der Waals surface area contributed by atoms with E-state index in [0.29, 0.717) is 6.92 Å². The molecule has 1 heterocycles. The Hall–Kier alpha value is -1.17. The van der Waals surface area contributed by atoms with E-state index in [1.54, 1.807) is 0 Å². The summed E-state index contributed by atoms with van der Waals surface area (Å²) >= 11 is 1.03. The molecule has 14 heavy (non-hydrogen) atoms. The van der Waals surface area contributed by atoms with Crippen molar-refractivity contribution in [3.63, 3.8) is 0 Å². The van der Waals surface area contributed by atoms with E-state index in [4.69, 9.17) is 0 Å². The van der Waals surface area contributed by atoms with Gasteiger partial charge in [-0.1, -0.05) is 0 Å². The third kappa shape index (κ3) is 2.66. The molecule has 1 rings (SSSR count). The van der Waals surface area contributed by atoms with Crippen LogP contribution in [0.15, 0.2) is 11.7 Å². The summed E-state index contributed by atoms with van der Waals surface area (Å²) in [7, 11) is 0. The van der Waals surface area contributed by atoms with Gasteiger partial charge in [0.05, 0.1) is 16.8 Å². The number of hydrogen-bond donors (Lipinski definition) is 0. The van der Waals surface area contributed by atoms with Crippen LogP contribution in [0.25, 0.3) is 0 Å². The zero-order valence-electron chi connectivity index (χ0n) is 7.29. The summed E-state index contributed by atoms with van der Waals surface area (Å²) in [5.41, 5.74) is 1.40. The van der Waals surface area contributed by atoms with E-state index in [2.05, 4.69) is 4.98 Å². The number of carbonyl (C=O) groups excluding carboxylic acids is 2. The number of hydrogen-bond acceptors (Lipinski definition) is 4. The summed E-state index contributed by atoms with van der Waals surface area (Å²) < 4.78 is 24.8. The fourth-order valence-electron chi connectivity index (χ4n) is 0.742. The lowest BCUT2D eigenvalue weighted by atomic mass is 10.1. The van der Waals surface area contributed by atoms with Gasteiger partial charge in [0, 0.05) is 13.1 Å². The van der Waals surface area contributed by atoms with Crippen LogP contribution < -0.4 is 0 Å². The Morgan fingerprint density at radius 3 is 2.64 bits per heavy atom. The second-order valence-corrected chi connectivity index (χ2v) is 3.66. The highest BCUT2D eigenvalue weighted by atomic mass is 32.1. The van der Waals surface area contributed by atoms with Crippen LogP contribution in [0.4, 0.5) is 8.78 Å². The monoisotopic (exact) mass is 219 g/mol. The summed E-state index contributed by atoms with van der Waals surface area (Å²) in [6.07, 6.45) is 0.486. The average molecular weight is 219 g/mol. The van der Waals surface area contributed by atoms with Crippen LogP contribution in [-0.4, -0.2) is 22.5 Å². The van der Waals surface area contributed by atoms with Crippen LogP contribution >= 0.6 is 11.3 Å². The number of aromatic nitrogens is 1. The first-order valence-corrected chi connectivity index (χ1v) is 4.62. The molecule has 0 aliphatic rings. The molecule has 76 valence electrons. The van der Waals surface area contributed by atoms with E-state index in [0.717, 1.165) is 11.3 Å². The van der Waals surface area contributed by atoms with Crippen LogP contribution in [0.3, 0.4) is 0 Å². The predicted molar refractivity (Wildman–Crippen MR) is 46.7 cm³/mol. The fourth-order valence-corrected chi connectivity index (χ4v) is 1.30. The number of thiazole rings is 1. The largest absolute Gasteiger partial charge is 0.303 e. The third-order valence-corrected chi connectivity index (χ3v) is 2.33. The Bertz CT molecular complexity index is 343. The van der Waals surface area contributed by atoms with Gasteiger partial charge in [0.1, 0.15) is 0 Å². The number of nitrogens with zero attached hydrogens (tertiary/aromatic N) is 1. The smallest absolute Gasteiger partial charge is 0.293 e. The minimum Gasteiger partial charge on any atom is -0.293 e. The number of carbonyl (C=O) groups is 2. The molecule has 0 saturated carbocycles. The van der Waals surface area contributed by atoms with Gasteiger partial charge in [0.25, 0.3) is 0 Å². The standard InChI is InChI=1S/C8H7F2NO2S/c1-8(9,10)7(13)2-5(12)6-3-11-4-14-6/h3-4H,2H2,1H3. The Morgan fingerprint density at radius 1 is 1.57 bits per heavy atom. The maximum Gasteiger partial charge on any atom is 0.303 e. The van der Waals surface area contributed by atoms with Crippen molar-refractivity contribution in [1.29, 1.82) is 0 Å². The van der Waals surface area contributed by atoms with Crippen molar-refractivity contribution in [3.8, 4) is 0 Å². The number of Topliss-reactive ketones (excluding diaryl/α,β-unsaturated/α-hetero) is 2. The first-order valence-electron chi connectivity index (χ1n) is 3.74. The predicted octanol–water partition coefficient (Wildman–Crippen LogP) is 1.94. The molecule has 0 aliphatic carbocycles. The maximum absolute atomic E-state index is 12.4. The summed E-state index contributed by atoms with van der Waals surface area (Å²) in [5.74, 6) is -5.42. The van der Waals surface area contributed by atoms with Crippen molar-refractivity contribution in [2.45, 2.75) is 19.3 Å². The molecular formula is C8H7F2NO2S. The van der Waals surface area contributed by atoms with Gasteiger partial charge >= 0.3 is 5.92 Å².